The second kappa shape index (κ2) is 24.6. The first kappa shape index (κ1) is 30.9. The third-order valence-corrected chi connectivity index (χ3v) is 6.40. The summed E-state index contributed by atoms with van der Waals surface area (Å²) in [6.45, 7) is 4.00. The number of aliphatic carboxylic acids is 1. The zero-order valence-electron chi connectivity index (χ0n) is 21.5. The monoisotopic (exact) mass is 454 g/mol. The first-order valence-corrected chi connectivity index (χ1v) is 14.0. The lowest BCUT2D eigenvalue weighted by Crippen LogP contribution is -2.26. The lowest BCUT2D eigenvalue weighted by molar-refractivity contribution is -0.164. The van der Waals surface area contributed by atoms with Crippen LogP contribution in [0.15, 0.2) is 0 Å². The molecule has 32 heavy (non-hydrogen) atoms. The van der Waals surface area contributed by atoms with Crippen LogP contribution in [0.3, 0.4) is 0 Å². The highest BCUT2D eigenvalue weighted by Gasteiger charge is 2.19. The normalized spacial score (nSPS) is 12.1. The van der Waals surface area contributed by atoms with E-state index >= 15 is 0 Å². The number of hydrogen-bond acceptors (Lipinski definition) is 3. The Morgan fingerprint density at radius 3 is 1.16 bits per heavy atom. The van der Waals surface area contributed by atoms with Crippen molar-refractivity contribution in [2.24, 2.45) is 0 Å². The van der Waals surface area contributed by atoms with E-state index in [-0.39, 0.29) is 5.97 Å². The van der Waals surface area contributed by atoms with Crippen molar-refractivity contribution in [1.82, 2.24) is 0 Å². The minimum absolute atomic E-state index is 0.320. The summed E-state index contributed by atoms with van der Waals surface area (Å²) in [6.07, 6.45) is 27.8. The van der Waals surface area contributed by atoms with E-state index in [9.17, 15) is 9.59 Å². The lowest BCUT2D eigenvalue weighted by atomic mass is 10.0. The van der Waals surface area contributed by atoms with Crippen LogP contribution < -0.4 is 0 Å². The number of esters is 1. The van der Waals surface area contributed by atoms with E-state index in [1.807, 2.05) is 0 Å². The molecule has 0 spiro atoms. The smallest absolute Gasteiger partial charge is 0.345 e. The molecule has 1 unspecified atom stereocenters. The second-order valence-corrected chi connectivity index (χ2v) is 9.55. The zero-order valence-corrected chi connectivity index (χ0v) is 21.5. The second-order valence-electron chi connectivity index (χ2n) is 9.55. The van der Waals surface area contributed by atoms with Crippen LogP contribution in [-0.2, 0) is 14.3 Å². The van der Waals surface area contributed by atoms with E-state index < -0.39 is 12.1 Å². The summed E-state index contributed by atoms with van der Waals surface area (Å²) in [7, 11) is 0. The van der Waals surface area contributed by atoms with Crippen molar-refractivity contribution in [2.75, 3.05) is 0 Å². The van der Waals surface area contributed by atoms with Gasteiger partial charge in [-0.3, -0.25) is 4.79 Å². The molecule has 1 N–H and O–H groups in total. The summed E-state index contributed by atoms with van der Waals surface area (Å²) in [5.74, 6) is -1.43. The molecule has 190 valence electrons. The SMILES string of the molecule is CCCCCCCCCCCCCCCCCCCCCCCC(=O)OC(CC)C(=O)O. The fourth-order valence-electron chi connectivity index (χ4n) is 4.23. The van der Waals surface area contributed by atoms with E-state index in [4.69, 9.17) is 9.84 Å². The third kappa shape index (κ3) is 22.1. The average molecular weight is 455 g/mol. The fourth-order valence-corrected chi connectivity index (χ4v) is 4.23. The van der Waals surface area contributed by atoms with E-state index in [1.54, 1.807) is 6.92 Å². The maximum Gasteiger partial charge on any atom is 0.345 e. The molecule has 0 aromatic rings. The number of rotatable bonds is 25. The molecule has 1 atom stereocenters. The van der Waals surface area contributed by atoms with Crippen LogP contribution in [0, 0.1) is 0 Å². The highest BCUT2D eigenvalue weighted by molar-refractivity contribution is 5.77. The van der Waals surface area contributed by atoms with Crippen molar-refractivity contribution >= 4 is 11.9 Å². The molecule has 0 amide bonds. The predicted molar refractivity (Wildman–Crippen MR) is 135 cm³/mol. The Bertz CT molecular complexity index is 422. The van der Waals surface area contributed by atoms with Gasteiger partial charge in [-0.2, -0.15) is 0 Å². The van der Waals surface area contributed by atoms with Crippen molar-refractivity contribution in [2.45, 2.75) is 168 Å². The highest BCUT2D eigenvalue weighted by atomic mass is 16.6. The Morgan fingerprint density at radius 1 is 0.562 bits per heavy atom. The van der Waals surface area contributed by atoms with Crippen molar-refractivity contribution < 1.29 is 19.4 Å². The van der Waals surface area contributed by atoms with Gasteiger partial charge >= 0.3 is 11.9 Å². The van der Waals surface area contributed by atoms with Gasteiger partial charge in [-0.1, -0.05) is 142 Å². The molecule has 0 saturated carbocycles. The topological polar surface area (TPSA) is 63.6 Å². The molecule has 4 heteroatoms. The van der Waals surface area contributed by atoms with Crippen molar-refractivity contribution in [3.8, 4) is 0 Å². The lowest BCUT2D eigenvalue weighted by Gasteiger charge is -2.11. The van der Waals surface area contributed by atoms with Crippen LogP contribution in [0.1, 0.15) is 162 Å². The molecule has 4 nitrogen and oxygen atoms in total. The van der Waals surface area contributed by atoms with Gasteiger partial charge in [0.2, 0.25) is 0 Å². The molecule has 0 saturated heterocycles. The van der Waals surface area contributed by atoms with Crippen LogP contribution in [-0.4, -0.2) is 23.1 Å². The van der Waals surface area contributed by atoms with Crippen LogP contribution in [0.4, 0.5) is 0 Å². The molecule has 0 aliphatic rings. The maximum absolute atomic E-state index is 11.6. The molecular formula is C28H54O4. The molecule has 0 fully saturated rings. The van der Waals surface area contributed by atoms with Crippen LogP contribution in [0.25, 0.3) is 0 Å². The summed E-state index contributed by atoms with van der Waals surface area (Å²) in [6, 6.07) is 0. The van der Waals surface area contributed by atoms with Gasteiger partial charge in [0.25, 0.3) is 0 Å². The summed E-state index contributed by atoms with van der Waals surface area (Å²) in [4.78, 5) is 22.5. The molecule has 0 aliphatic carbocycles. The minimum Gasteiger partial charge on any atom is -0.479 e. The van der Waals surface area contributed by atoms with Gasteiger partial charge in [-0.15, -0.1) is 0 Å². The Morgan fingerprint density at radius 2 is 0.875 bits per heavy atom. The van der Waals surface area contributed by atoms with Gasteiger partial charge in [0.15, 0.2) is 6.10 Å². The number of ether oxygens (including phenoxy) is 1. The van der Waals surface area contributed by atoms with E-state index in [0.717, 1.165) is 19.3 Å². The first-order chi connectivity index (χ1) is 15.6. The number of carboxylic acid groups (broad SMARTS) is 1. The third-order valence-electron chi connectivity index (χ3n) is 6.40. The quantitative estimate of drug-likeness (QED) is 0.110. The molecular weight excluding hydrogens is 400 g/mol. The number of unbranched alkanes of at least 4 members (excludes halogenated alkanes) is 20. The molecule has 0 aromatic heterocycles. The number of carbonyl (C=O) groups excluding carboxylic acids is 1. The molecule has 0 radical (unpaired) electrons. The van der Waals surface area contributed by atoms with Crippen molar-refractivity contribution in [3.63, 3.8) is 0 Å². The molecule has 0 aromatic carbocycles. The Labute approximate surface area is 199 Å². The predicted octanol–water partition coefficient (Wildman–Crippen LogP) is 8.99. The summed E-state index contributed by atoms with van der Waals surface area (Å²) < 4.78 is 4.97. The number of hydrogen-bond donors (Lipinski definition) is 1. The van der Waals surface area contributed by atoms with Crippen LogP contribution in [0.2, 0.25) is 0 Å². The van der Waals surface area contributed by atoms with Crippen molar-refractivity contribution in [3.05, 3.63) is 0 Å². The summed E-state index contributed by atoms with van der Waals surface area (Å²) >= 11 is 0. The van der Waals surface area contributed by atoms with Gasteiger partial charge < -0.3 is 9.84 Å². The fraction of sp³-hybridized carbons (Fsp3) is 0.929. The summed E-state index contributed by atoms with van der Waals surface area (Å²) in [5, 5.41) is 8.89. The van der Waals surface area contributed by atoms with E-state index in [2.05, 4.69) is 6.92 Å². The van der Waals surface area contributed by atoms with Gasteiger partial charge in [-0.05, 0) is 12.8 Å². The van der Waals surface area contributed by atoms with Crippen molar-refractivity contribution in [1.29, 1.82) is 0 Å². The van der Waals surface area contributed by atoms with Gasteiger partial charge in [0.1, 0.15) is 0 Å². The molecule has 0 aliphatic heterocycles. The van der Waals surface area contributed by atoms with Gasteiger partial charge in [0, 0.05) is 6.42 Å². The zero-order chi connectivity index (χ0) is 23.7. The van der Waals surface area contributed by atoms with Gasteiger partial charge in [-0.25, -0.2) is 4.79 Å². The maximum atomic E-state index is 11.6. The Hall–Kier alpha value is -1.06. The average Bonchev–Trinajstić information content (AvgIpc) is 2.78. The van der Waals surface area contributed by atoms with E-state index in [0.29, 0.717) is 12.8 Å². The minimum atomic E-state index is -1.06. The first-order valence-electron chi connectivity index (χ1n) is 14.0. The Balaban J connectivity index is 3.19. The molecule has 0 rings (SSSR count). The highest BCUT2D eigenvalue weighted by Crippen LogP contribution is 2.15. The number of carboxylic acids is 1. The Kier molecular flexibility index (Phi) is 23.8. The summed E-state index contributed by atoms with van der Waals surface area (Å²) in [5.41, 5.74) is 0. The van der Waals surface area contributed by atoms with Crippen LogP contribution in [0.5, 0.6) is 0 Å². The largest absolute Gasteiger partial charge is 0.479 e. The molecule has 0 bridgehead atoms. The van der Waals surface area contributed by atoms with Gasteiger partial charge in [0.05, 0.1) is 0 Å². The van der Waals surface area contributed by atoms with E-state index in [1.165, 1.54) is 116 Å². The standard InChI is InChI=1S/C28H54O4/c1-3-5-6-7-8-9-10-11-12-13-14-15-16-17-18-19-20-21-22-23-24-25-27(29)32-26(4-2)28(30)31/h26H,3-25H2,1-2H3,(H,30,31). The molecule has 0 heterocycles. The van der Waals surface area contributed by atoms with Crippen LogP contribution >= 0.6 is 0 Å². The number of carbonyl (C=O) groups is 2.